The summed E-state index contributed by atoms with van der Waals surface area (Å²) in [5.74, 6) is 0.325. The van der Waals surface area contributed by atoms with Gasteiger partial charge in [-0.25, -0.2) is 19.4 Å². The minimum atomic E-state index is -1.06. The summed E-state index contributed by atoms with van der Waals surface area (Å²) >= 11 is 0. The van der Waals surface area contributed by atoms with E-state index in [0.29, 0.717) is 40.2 Å². The SMILES string of the molecule is Nc1nc2cc(-c3nn(Cc4ccc(CNC(=O)O)cc4)c4ncnc(N)c34)ccc2o1. The number of fused-ring (bicyclic) bond motifs is 2. The second-order valence-corrected chi connectivity index (χ2v) is 7.17. The molecular formula is C21H18N8O3. The summed E-state index contributed by atoms with van der Waals surface area (Å²) in [5.41, 5.74) is 16.9. The van der Waals surface area contributed by atoms with E-state index in [1.807, 2.05) is 36.4 Å². The second kappa shape index (κ2) is 7.54. The van der Waals surface area contributed by atoms with Gasteiger partial charge < -0.3 is 26.3 Å². The van der Waals surface area contributed by atoms with Crippen molar-refractivity contribution < 1.29 is 14.3 Å². The van der Waals surface area contributed by atoms with E-state index < -0.39 is 6.09 Å². The monoisotopic (exact) mass is 430 g/mol. The van der Waals surface area contributed by atoms with Gasteiger partial charge in [0, 0.05) is 12.1 Å². The van der Waals surface area contributed by atoms with Crippen LogP contribution in [-0.4, -0.2) is 35.9 Å². The normalized spacial score (nSPS) is 11.2. The second-order valence-electron chi connectivity index (χ2n) is 7.17. The largest absolute Gasteiger partial charge is 0.465 e. The van der Waals surface area contributed by atoms with Gasteiger partial charge in [-0.3, -0.25) is 0 Å². The number of nitrogens with two attached hydrogens (primary N) is 2. The molecule has 2 aromatic carbocycles. The molecule has 11 heteroatoms. The Balaban J connectivity index is 1.53. The van der Waals surface area contributed by atoms with Gasteiger partial charge in [0.2, 0.25) is 0 Å². The van der Waals surface area contributed by atoms with Gasteiger partial charge in [0.15, 0.2) is 11.2 Å². The molecule has 0 atom stereocenters. The van der Waals surface area contributed by atoms with Crippen LogP contribution in [0.5, 0.6) is 0 Å². The Morgan fingerprint density at radius 1 is 1.09 bits per heavy atom. The number of oxazole rings is 1. The number of aromatic nitrogens is 5. The van der Waals surface area contributed by atoms with E-state index in [9.17, 15) is 4.79 Å². The molecule has 0 bridgehead atoms. The van der Waals surface area contributed by atoms with Crippen molar-refractivity contribution in [1.82, 2.24) is 30.0 Å². The number of hydrogen-bond acceptors (Lipinski definition) is 8. The van der Waals surface area contributed by atoms with Crippen LogP contribution in [0.2, 0.25) is 0 Å². The van der Waals surface area contributed by atoms with Crippen molar-refractivity contribution in [1.29, 1.82) is 0 Å². The van der Waals surface area contributed by atoms with Crippen LogP contribution in [-0.2, 0) is 13.1 Å². The zero-order valence-electron chi connectivity index (χ0n) is 16.7. The topological polar surface area (TPSA) is 171 Å². The number of amides is 1. The number of nitrogen functional groups attached to an aromatic ring is 2. The highest BCUT2D eigenvalue weighted by atomic mass is 16.4. The minimum Gasteiger partial charge on any atom is -0.465 e. The third-order valence-electron chi connectivity index (χ3n) is 5.04. The molecule has 5 rings (SSSR count). The Kier molecular flexibility index (Phi) is 4.55. The molecule has 3 aromatic heterocycles. The zero-order valence-corrected chi connectivity index (χ0v) is 16.7. The Morgan fingerprint density at radius 2 is 1.88 bits per heavy atom. The average molecular weight is 430 g/mol. The smallest absolute Gasteiger partial charge is 0.404 e. The summed E-state index contributed by atoms with van der Waals surface area (Å²) in [5, 5.41) is 16.5. The molecule has 11 nitrogen and oxygen atoms in total. The van der Waals surface area contributed by atoms with E-state index in [4.69, 9.17) is 26.1 Å². The molecule has 0 aliphatic rings. The Labute approximate surface area is 180 Å². The molecule has 3 heterocycles. The first-order valence-electron chi connectivity index (χ1n) is 9.66. The van der Waals surface area contributed by atoms with Crippen molar-refractivity contribution in [2.24, 2.45) is 0 Å². The Morgan fingerprint density at radius 3 is 2.66 bits per heavy atom. The molecule has 0 saturated carbocycles. The molecule has 1 amide bonds. The van der Waals surface area contributed by atoms with Crippen LogP contribution in [0.15, 0.2) is 53.2 Å². The van der Waals surface area contributed by atoms with E-state index in [2.05, 4.69) is 20.3 Å². The molecule has 6 N–H and O–H groups in total. The molecule has 0 unspecified atom stereocenters. The predicted octanol–water partition coefficient (Wildman–Crippen LogP) is 2.61. The Bertz CT molecular complexity index is 1460. The van der Waals surface area contributed by atoms with Gasteiger partial charge in [-0.2, -0.15) is 10.1 Å². The molecule has 0 spiro atoms. The Hall–Kier alpha value is -4.67. The van der Waals surface area contributed by atoms with Crippen molar-refractivity contribution in [3.63, 3.8) is 0 Å². The molecule has 0 radical (unpaired) electrons. The van der Waals surface area contributed by atoms with Crippen molar-refractivity contribution in [2.75, 3.05) is 11.5 Å². The average Bonchev–Trinajstić information content (AvgIpc) is 3.33. The van der Waals surface area contributed by atoms with E-state index in [1.54, 1.807) is 10.7 Å². The van der Waals surface area contributed by atoms with Gasteiger partial charge in [-0.05, 0) is 29.3 Å². The number of hydrogen-bond donors (Lipinski definition) is 4. The van der Waals surface area contributed by atoms with E-state index in [0.717, 1.165) is 16.7 Å². The van der Waals surface area contributed by atoms with Gasteiger partial charge in [0.1, 0.15) is 23.4 Å². The van der Waals surface area contributed by atoms with Crippen molar-refractivity contribution in [2.45, 2.75) is 13.1 Å². The van der Waals surface area contributed by atoms with Gasteiger partial charge in [0.25, 0.3) is 6.01 Å². The molecule has 0 fully saturated rings. The van der Waals surface area contributed by atoms with Crippen molar-refractivity contribution in [3.8, 4) is 11.3 Å². The van der Waals surface area contributed by atoms with E-state index in [-0.39, 0.29) is 12.6 Å². The van der Waals surface area contributed by atoms with Crippen LogP contribution < -0.4 is 16.8 Å². The van der Waals surface area contributed by atoms with Crippen LogP contribution in [0.1, 0.15) is 11.1 Å². The quantitative estimate of drug-likeness (QED) is 0.327. The molecule has 0 saturated heterocycles. The maximum Gasteiger partial charge on any atom is 0.404 e. The fraction of sp³-hybridized carbons (Fsp3) is 0.0952. The van der Waals surface area contributed by atoms with Crippen LogP contribution in [0.3, 0.4) is 0 Å². The number of benzene rings is 2. The molecule has 32 heavy (non-hydrogen) atoms. The van der Waals surface area contributed by atoms with Crippen molar-refractivity contribution in [3.05, 3.63) is 59.9 Å². The molecule has 5 aromatic rings. The minimum absolute atomic E-state index is 0.0948. The number of carboxylic acid groups (broad SMARTS) is 1. The number of anilines is 2. The van der Waals surface area contributed by atoms with Gasteiger partial charge in [-0.1, -0.05) is 24.3 Å². The van der Waals surface area contributed by atoms with Crippen LogP contribution in [0, 0.1) is 0 Å². The highest BCUT2D eigenvalue weighted by Gasteiger charge is 2.18. The van der Waals surface area contributed by atoms with Gasteiger partial charge >= 0.3 is 6.09 Å². The predicted molar refractivity (Wildman–Crippen MR) is 118 cm³/mol. The summed E-state index contributed by atoms with van der Waals surface area (Å²) in [4.78, 5) is 23.4. The first-order valence-corrected chi connectivity index (χ1v) is 9.66. The highest BCUT2D eigenvalue weighted by molar-refractivity contribution is 5.99. The summed E-state index contributed by atoms with van der Waals surface area (Å²) < 4.78 is 7.11. The lowest BCUT2D eigenvalue weighted by molar-refractivity contribution is 0.194. The lowest BCUT2D eigenvalue weighted by Crippen LogP contribution is -2.19. The van der Waals surface area contributed by atoms with Gasteiger partial charge in [0.05, 0.1) is 11.9 Å². The van der Waals surface area contributed by atoms with Crippen LogP contribution in [0.4, 0.5) is 16.6 Å². The van der Waals surface area contributed by atoms with Crippen molar-refractivity contribution >= 4 is 40.1 Å². The summed E-state index contributed by atoms with van der Waals surface area (Å²) in [7, 11) is 0. The first kappa shape index (κ1) is 19.3. The highest BCUT2D eigenvalue weighted by Crippen LogP contribution is 2.32. The number of carbonyl (C=O) groups is 1. The fourth-order valence-electron chi connectivity index (χ4n) is 3.55. The molecule has 0 aliphatic carbocycles. The third-order valence-corrected chi connectivity index (χ3v) is 5.04. The third kappa shape index (κ3) is 3.51. The summed E-state index contributed by atoms with van der Waals surface area (Å²) in [6.07, 6.45) is 0.343. The van der Waals surface area contributed by atoms with Gasteiger partial charge in [-0.15, -0.1) is 0 Å². The fourth-order valence-corrected chi connectivity index (χ4v) is 3.55. The zero-order chi connectivity index (χ0) is 22.2. The molecular weight excluding hydrogens is 412 g/mol. The number of nitrogens with one attached hydrogen (secondary N) is 1. The molecule has 160 valence electrons. The summed E-state index contributed by atoms with van der Waals surface area (Å²) in [6, 6.07) is 13.1. The number of rotatable bonds is 5. The maximum absolute atomic E-state index is 10.7. The molecule has 0 aliphatic heterocycles. The lowest BCUT2D eigenvalue weighted by Gasteiger charge is -2.06. The lowest BCUT2D eigenvalue weighted by atomic mass is 10.1. The van der Waals surface area contributed by atoms with E-state index in [1.165, 1.54) is 6.33 Å². The maximum atomic E-state index is 10.7. The van der Waals surface area contributed by atoms with E-state index >= 15 is 0 Å². The number of nitrogens with zero attached hydrogens (tertiary/aromatic N) is 5. The van der Waals surface area contributed by atoms with Crippen LogP contribution in [0.25, 0.3) is 33.4 Å². The van der Waals surface area contributed by atoms with Crippen LogP contribution >= 0.6 is 0 Å². The standard InChI is InChI=1S/C21H18N8O3/c22-18-16-17(13-5-6-15-14(7-13)27-20(23)32-15)28-29(19(16)26-10-25-18)9-12-3-1-11(2-4-12)8-24-21(30)31/h1-7,10,24H,8-9H2,(H2,23,27)(H,30,31)(H2,22,25,26). The first-order chi connectivity index (χ1) is 15.5. The summed E-state index contributed by atoms with van der Waals surface area (Å²) in [6.45, 7) is 0.683.